The minimum Gasteiger partial charge on any atom is -0.490 e. The molecular formula is C34H46F2N7O6P. The molecule has 4 aromatic rings. The highest BCUT2D eigenvalue weighted by Crippen LogP contribution is 2.55. The standard InChI is InChI=1S/C34H46F2N7O6P/c1-8-23(37-13-15-47-50(45,48-33(2,3)4)49-34(5,6)7)12-14-46-29-20-28-26(19-27(29)36)32(39-21-38-28)41-30-17-25(42-43-30)18-31(44)40-24-11-9-10-22(35)16-24/h9-11,16-17,19-21,23,37H,8,12-15,18H2,1-7H3,(H,40,44)(H2,38,39,41,42,43). The van der Waals surface area contributed by atoms with E-state index in [1.165, 1.54) is 36.7 Å². The highest BCUT2D eigenvalue weighted by Gasteiger charge is 2.37. The lowest BCUT2D eigenvalue weighted by molar-refractivity contribution is -0.115. The summed E-state index contributed by atoms with van der Waals surface area (Å²) < 4.78 is 64.6. The summed E-state index contributed by atoms with van der Waals surface area (Å²) in [5, 5.41) is 16.4. The highest BCUT2D eigenvalue weighted by atomic mass is 31.2. The number of benzene rings is 2. The van der Waals surface area contributed by atoms with Gasteiger partial charge in [0.2, 0.25) is 5.91 Å². The van der Waals surface area contributed by atoms with Crippen LogP contribution in [0.2, 0.25) is 0 Å². The van der Waals surface area contributed by atoms with E-state index in [0.29, 0.717) is 46.9 Å². The number of anilines is 3. The Hall–Kier alpha value is -4.01. The number of aromatic nitrogens is 4. The number of H-pyrrole nitrogens is 1. The maximum absolute atomic E-state index is 15.2. The van der Waals surface area contributed by atoms with Crippen LogP contribution in [-0.2, 0) is 29.4 Å². The van der Waals surface area contributed by atoms with Gasteiger partial charge in [0.1, 0.15) is 18.0 Å². The average Bonchev–Trinajstić information content (AvgIpc) is 3.43. The van der Waals surface area contributed by atoms with Gasteiger partial charge in [-0.25, -0.2) is 23.3 Å². The van der Waals surface area contributed by atoms with Gasteiger partial charge in [-0.2, -0.15) is 5.10 Å². The van der Waals surface area contributed by atoms with Gasteiger partial charge in [0.15, 0.2) is 17.4 Å². The van der Waals surface area contributed by atoms with Crippen molar-refractivity contribution in [3.05, 3.63) is 66.1 Å². The molecule has 50 heavy (non-hydrogen) atoms. The average molecular weight is 718 g/mol. The molecule has 0 fully saturated rings. The summed E-state index contributed by atoms with van der Waals surface area (Å²) >= 11 is 0. The molecule has 0 aliphatic heterocycles. The van der Waals surface area contributed by atoms with Crippen molar-refractivity contribution in [2.24, 2.45) is 0 Å². The fourth-order valence-electron chi connectivity index (χ4n) is 4.77. The van der Waals surface area contributed by atoms with Crippen molar-refractivity contribution < 1.29 is 36.4 Å². The molecule has 4 N–H and O–H groups in total. The maximum Gasteiger partial charge on any atom is 0.475 e. The van der Waals surface area contributed by atoms with Crippen molar-refractivity contribution in [3.63, 3.8) is 0 Å². The molecule has 2 heterocycles. The zero-order valence-electron chi connectivity index (χ0n) is 29.4. The van der Waals surface area contributed by atoms with Crippen LogP contribution >= 0.6 is 7.82 Å². The van der Waals surface area contributed by atoms with Gasteiger partial charge in [0.25, 0.3) is 0 Å². The summed E-state index contributed by atoms with van der Waals surface area (Å²) in [6.07, 6.45) is 2.64. The van der Waals surface area contributed by atoms with Gasteiger partial charge in [0.05, 0.1) is 36.4 Å². The molecule has 2 aromatic heterocycles. The second kappa shape index (κ2) is 16.8. The molecule has 0 aliphatic rings. The Morgan fingerprint density at radius 3 is 2.42 bits per heavy atom. The molecule has 272 valence electrons. The quantitative estimate of drug-likeness (QED) is 0.0634. The molecule has 0 spiro atoms. The van der Waals surface area contributed by atoms with Crippen LogP contribution in [0.3, 0.4) is 0 Å². The molecule has 1 unspecified atom stereocenters. The van der Waals surface area contributed by atoms with E-state index >= 15 is 4.39 Å². The number of amides is 1. The van der Waals surface area contributed by atoms with Gasteiger partial charge in [-0.15, -0.1) is 0 Å². The number of nitrogens with zero attached hydrogens (tertiary/aromatic N) is 3. The minimum atomic E-state index is -3.81. The summed E-state index contributed by atoms with van der Waals surface area (Å²) in [6.45, 7) is 13.4. The largest absolute Gasteiger partial charge is 0.490 e. The van der Waals surface area contributed by atoms with Crippen molar-refractivity contribution >= 4 is 42.0 Å². The normalized spacial score (nSPS) is 13.0. The van der Waals surface area contributed by atoms with Gasteiger partial charge < -0.3 is 20.7 Å². The number of ether oxygens (including phenoxy) is 1. The highest BCUT2D eigenvalue weighted by molar-refractivity contribution is 7.48. The van der Waals surface area contributed by atoms with Crippen LogP contribution in [0.15, 0.2) is 48.8 Å². The Kier molecular flexibility index (Phi) is 13.0. The number of halogens is 2. The van der Waals surface area contributed by atoms with Gasteiger partial charge in [-0.1, -0.05) is 13.0 Å². The predicted molar refractivity (Wildman–Crippen MR) is 188 cm³/mol. The summed E-state index contributed by atoms with van der Waals surface area (Å²) in [5.74, 6) is -0.687. The van der Waals surface area contributed by atoms with Crippen molar-refractivity contribution in [1.82, 2.24) is 25.5 Å². The lowest BCUT2D eigenvalue weighted by Crippen LogP contribution is -2.33. The number of nitrogens with one attached hydrogen (secondary N) is 4. The molecule has 1 atom stereocenters. The number of carbonyl (C=O) groups is 1. The zero-order valence-corrected chi connectivity index (χ0v) is 30.3. The SMILES string of the molecule is CCC(CCOc1cc2ncnc(Nc3cc(CC(=O)Nc4cccc(F)c4)[nH]n3)c2cc1F)NCCOP(=O)(OC(C)(C)C)OC(C)(C)C. The van der Waals surface area contributed by atoms with Crippen LogP contribution in [0, 0.1) is 11.6 Å². The monoisotopic (exact) mass is 717 g/mol. The molecule has 2 aromatic carbocycles. The first kappa shape index (κ1) is 38.8. The second-order valence-electron chi connectivity index (χ2n) is 13.5. The van der Waals surface area contributed by atoms with Crippen molar-refractivity contribution in [2.45, 2.75) is 85.0 Å². The lowest BCUT2D eigenvalue weighted by Gasteiger charge is -2.31. The fourth-order valence-corrected chi connectivity index (χ4v) is 6.57. The lowest BCUT2D eigenvalue weighted by atomic mass is 10.1. The van der Waals surface area contributed by atoms with E-state index < -0.39 is 30.7 Å². The third-order valence-electron chi connectivity index (χ3n) is 6.80. The van der Waals surface area contributed by atoms with Gasteiger partial charge in [-0.05, 0) is 78.6 Å². The van der Waals surface area contributed by atoms with E-state index in [2.05, 4.69) is 36.1 Å². The first-order chi connectivity index (χ1) is 23.5. The summed E-state index contributed by atoms with van der Waals surface area (Å²) in [5.41, 5.74) is -0.156. The second-order valence-corrected chi connectivity index (χ2v) is 15.1. The molecule has 1 amide bonds. The Bertz CT molecular complexity index is 1770. The van der Waals surface area contributed by atoms with E-state index in [4.69, 9.17) is 18.3 Å². The van der Waals surface area contributed by atoms with Crippen LogP contribution < -0.4 is 20.7 Å². The number of hydrogen-bond donors (Lipinski definition) is 4. The number of hydrogen-bond acceptors (Lipinski definition) is 11. The zero-order chi connectivity index (χ0) is 36.5. The van der Waals surface area contributed by atoms with Gasteiger partial charge in [-0.3, -0.25) is 23.5 Å². The van der Waals surface area contributed by atoms with Crippen molar-refractivity contribution in [3.8, 4) is 5.75 Å². The van der Waals surface area contributed by atoms with Crippen LogP contribution in [0.25, 0.3) is 10.9 Å². The predicted octanol–water partition coefficient (Wildman–Crippen LogP) is 7.45. The first-order valence-corrected chi connectivity index (χ1v) is 17.8. The van der Waals surface area contributed by atoms with E-state index in [1.807, 2.05) is 6.92 Å². The van der Waals surface area contributed by atoms with E-state index in [0.717, 1.165) is 6.42 Å². The number of aromatic amines is 1. The van der Waals surface area contributed by atoms with E-state index in [9.17, 15) is 13.8 Å². The third-order valence-corrected chi connectivity index (χ3v) is 8.84. The molecule has 13 nitrogen and oxygen atoms in total. The summed E-state index contributed by atoms with van der Waals surface area (Å²) in [6, 6.07) is 10.0. The summed E-state index contributed by atoms with van der Waals surface area (Å²) in [7, 11) is -3.81. The number of carbonyl (C=O) groups excluding carboxylic acids is 1. The van der Waals surface area contributed by atoms with E-state index in [-0.39, 0.29) is 37.3 Å². The number of fused-ring (bicyclic) bond motifs is 1. The molecular weight excluding hydrogens is 671 g/mol. The topological polar surface area (TPSA) is 162 Å². The maximum atomic E-state index is 15.2. The number of phosphoric acid groups is 1. The van der Waals surface area contributed by atoms with Gasteiger partial charge in [0, 0.05) is 41.5 Å². The van der Waals surface area contributed by atoms with Crippen molar-refractivity contribution in [2.75, 3.05) is 30.4 Å². The van der Waals surface area contributed by atoms with Crippen LogP contribution in [-0.4, -0.2) is 63.1 Å². The molecule has 4 rings (SSSR count). The molecule has 0 saturated heterocycles. The smallest absolute Gasteiger partial charge is 0.475 e. The summed E-state index contributed by atoms with van der Waals surface area (Å²) in [4.78, 5) is 20.9. The van der Waals surface area contributed by atoms with E-state index in [1.54, 1.807) is 53.7 Å². The Morgan fingerprint density at radius 2 is 1.74 bits per heavy atom. The fraction of sp³-hybridized carbons (Fsp3) is 0.471. The number of phosphoric ester groups is 1. The Labute approximate surface area is 290 Å². The van der Waals surface area contributed by atoms with Crippen LogP contribution in [0.1, 0.15) is 67.0 Å². The third kappa shape index (κ3) is 12.4. The molecule has 0 bridgehead atoms. The minimum absolute atomic E-state index is 0.0258. The molecule has 0 saturated carbocycles. The Morgan fingerprint density at radius 1 is 1.00 bits per heavy atom. The van der Waals surface area contributed by atoms with Crippen molar-refractivity contribution in [1.29, 1.82) is 0 Å². The Balaban J connectivity index is 1.29. The molecule has 0 aliphatic carbocycles. The molecule has 16 heteroatoms. The molecule has 0 radical (unpaired) electrons. The number of rotatable bonds is 17. The van der Waals surface area contributed by atoms with Gasteiger partial charge >= 0.3 is 7.82 Å². The van der Waals surface area contributed by atoms with Crippen LogP contribution in [0.5, 0.6) is 5.75 Å². The first-order valence-electron chi connectivity index (χ1n) is 16.3. The van der Waals surface area contributed by atoms with Crippen LogP contribution in [0.4, 0.5) is 26.1 Å².